The third kappa shape index (κ3) is 2.34. The molecule has 2 rings (SSSR count). The molecule has 7 nitrogen and oxygen atoms in total. The molecule has 0 aliphatic carbocycles. The number of nitro groups is 2. The summed E-state index contributed by atoms with van der Waals surface area (Å²) in [6.45, 7) is 0. The Balaban J connectivity index is 2.73. The van der Waals surface area contributed by atoms with Gasteiger partial charge in [0.25, 0.3) is 5.69 Å². The SMILES string of the molecule is O=[N+]([O-])c1cc(-c2ccccc2)c(O)c([N+](=O)[O-])c1. The van der Waals surface area contributed by atoms with E-state index in [0.29, 0.717) is 5.56 Å². The van der Waals surface area contributed by atoms with Crippen LogP contribution < -0.4 is 0 Å². The van der Waals surface area contributed by atoms with E-state index in [9.17, 15) is 25.3 Å². The summed E-state index contributed by atoms with van der Waals surface area (Å²) in [6, 6.07) is 10.1. The molecule has 1 N–H and O–H groups in total. The lowest BCUT2D eigenvalue weighted by Gasteiger charge is -2.05. The lowest BCUT2D eigenvalue weighted by atomic mass is 10.0. The van der Waals surface area contributed by atoms with Crippen LogP contribution in [0.15, 0.2) is 42.5 Å². The van der Waals surface area contributed by atoms with Gasteiger partial charge in [-0.25, -0.2) is 0 Å². The first-order valence-corrected chi connectivity index (χ1v) is 5.22. The Labute approximate surface area is 107 Å². The number of nitrogens with zero attached hydrogens (tertiary/aromatic N) is 2. The fourth-order valence-electron chi connectivity index (χ4n) is 1.69. The summed E-state index contributed by atoms with van der Waals surface area (Å²) >= 11 is 0. The number of phenolic OH excluding ortho intramolecular Hbond substituents is 1. The van der Waals surface area contributed by atoms with Gasteiger partial charge >= 0.3 is 5.69 Å². The molecule has 0 spiro atoms. The van der Waals surface area contributed by atoms with E-state index in [1.807, 2.05) is 0 Å². The summed E-state index contributed by atoms with van der Waals surface area (Å²) in [5.41, 5.74) is -0.607. The average Bonchev–Trinajstić information content (AvgIpc) is 2.39. The Morgan fingerprint density at radius 1 is 0.947 bits per heavy atom. The molecule has 0 bridgehead atoms. The summed E-state index contributed by atoms with van der Waals surface area (Å²) in [6.07, 6.45) is 0. The van der Waals surface area contributed by atoms with Gasteiger partial charge in [-0.2, -0.15) is 0 Å². The Morgan fingerprint density at radius 3 is 2.11 bits per heavy atom. The van der Waals surface area contributed by atoms with Crippen LogP contribution in [0.3, 0.4) is 0 Å². The van der Waals surface area contributed by atoms with Crippen molar-refractivity contribution >= 4 is 11.4 Å². The van der Waals surface area contributed by atoms with E-state index in [4.69, 9.17) is 0 Å². The number of hydrogen-bond donors (Lipinski definition) is 1. The van der Waals surface area contributed by atoms with Crippen LogP contribution in [0.2, 0.25) is 0 Å². The number of hydrogen-bond acceptors (Lipinski definition) is 5. The van der Waals surface area contributed by atoms with Crippen LogP contribution in [0.4, 0.5) is 11.4 Å². The van der Waals surface area contributed by atoms with Crippen LogP contribution in [0.1, 0.15) is 0 Å². The first-order chi connectivity index (χ1) is 9.00. The van der Waals surface area contributed by atoms with E-state index >= 15 is 0 Å². The molecule has 2 aromatic rings. The lowest BCUT2D eigenvalue weighted by molar-refractivity contribution is -0.394. The highest BCUT2D eigenvalue weighted by molar-refractivity contribution is 5.77. The Bertz CT molecular complexity index is 655. The minimum Gasteiger partial charge on any atom is -0.502 e. The second-order valence-corrected chi connectivity index (χ2v) is 3.74. The lowest BCUT2D eigenvalue weighted by Crippen LogP contribution is -1.95. The van der Waals surface area contributed by atoms with Gasteiger partial charge in [0.05, 0.1) is 15.9 Å². The molecule has 0 aliphatic rings. The third-order valence-electron chi connectivity index (χ3n) is 2.57. The fraction of sp³-hybridized carbons (Fsp3) is 0. The predicted molar refractivity (Wildman–Crippen MR) is 66.9 cm³/mol. The second kappa shape index (κ2) is 4.73. The Hall–Kier alpha value is -2.96. The second-order valence-electron chi connectivity index (χ2n) is 3.74. The molecule has 2 aromatic carbocycles. The first kappa shape index (κ1) is 12.5. The summed E-state index contributed by atoms with van der Waals surface area (Å²) < 4.78 is 0. The predicted octanol–water partition coefficient (Wildman–Crippen LogP) is 2.88. The average molecular weight is 260 g/mol. The molecule has 0 heterocycles. The van der Waals surface area contributed by atoms with Crippen molar-refractivity contribution in [3.8, 4) is 16.9 Å². The molecule has 19 heavy (non-hydrogen) atoms. The first-order valence-electron chi connectivity index (χ1n) is 5.22. The van der Waals surface area contributed by atoms with E-state index in [2.05, 4.69) is 0 Å². The number of phenols is 1. The zero-order valence-corrected chi connectivity index (χ0v) is 9.52. The molecule has 0 aromatic heterocycles. The third-order valence-corrected chi connectivity index (χ3v) is 2.57. The van der Waals surface area contributed by atoms with Crippen molar-refractivity contribution in [2.75, 3.05) is 0 Å². The maximum absolute atomic E-state index is 10.8. The van der Waals surface area contributed by atoms with Gasteiger partial charge in [-0.15, -0.1) is 0 Å². The normalized spacial score (nSPS) is 10.1. The van der Waals surface area contributed by atoms with Crippen molar-refractivity contribution in [1.82, 2.24) is 0 Å². The van der Waals surface area contributed by atoms with Gasteiger partial charge < -0.3 is 5.11 Å². The van der Waals surface area contributed by atoms with E-state index in [-0.39, 0.29) is 5.56 Å². The van der Waals surface area contributed by atoms with Crippen molar-refractivity contribution < 1.29 is 15.0 Å². The van der Waals surface area contributed by atoms with E-state index < -0.39 is 27.0 Å². The highest BCUT2D eigenvalue weighted by Crippen LogP contribution is 2.40. The van der Waals surface area contributed by atoms with E-state index in [0.717, 1.165) is 12.1 Å². The maximum atomic E-state index is 10.8. The number of nitro benzene ring substituents is 2. The molecule has 0 radical (unpaired) electrons. The molecule has 96 valence electrons. The van der Waals surface area contributed by atoms with Crippen LogP contribution in [0.5, 0.6) is 5.75 Å². The van der Waals surface area contributed by atoms with Gasteiger partial charge in [-0.05, 0) is 5.56 Å². The van der Waals surface area contributed by atoms with Crippen molar-refractivity contribution in [3.63, 3.8) is 0 Å². The number of non-ortho nitro benzene ring substituents is 1. The van der Waals surface area contributed by atoms with Crippen LogP contribution in [-0.2, 0) is 0 Å². The van der Waals surface area contributed by atoms with Gasteiger partial charge in [-0.1, -0.05) is 30.3 Å². The summed E-state index contributed by atoms with van der Waals surface area (Å²) in [5.74, 6) is -0.582. The van der Waals surface area contributed by atoms with Gasteiger partial charge in [0.15, 0.2) is 0 Å². The van der Waals surface area contributed by atoms with Crippen LogP contribution >= 0.6 is 0 Å². The van der Waals surface area contributed by atoms with Gasteiger partial charge in [0.2, 0.25) is 5.75 Å². The fourth-order valence-corrected chi connectivity index (χ4v) is 1.69. The highest BCUT2D eigenvalue weighted by atomic mass is 16.6. The molecule has 0 saturated heterocycles. The van der Waals surface area contributed by atoms with Crippen molar-refractivity contribution in [2.24, 2.45) is 0 Å². The zero-order valence-electron chi connectivity index (χ0n) is 9.52. The van der Waals surface area contributed by atoms with Crippen molar-refractivity contribution in [2.45, 2.75) is 0 Å². The molecule has 0 saturated carbocycles. The number of benzene rings is 2. The molecule has 0 atom stereocenters. The Morgan fingerprint density at radius 2 is 1.58 bits per heavy atom. The number of rotatable bonds is 3. The standard InChI is InChI=1S/C12H8N2O5/c15-12-10(8-4-2-1-3-5-8)6-9(13(16)17)7-11(12)14(18)19/h1-7,15H. The molecular formula is C12H8N2O5. The van der Waals surface area contributed by atoms with Crippen LogP contribution in [-0.4, -0.2) is 15.0 Å². The molecule has 0 aliphatic heterocycles. The van der Waals surface area contributed by atoms with E-state index in [1.165, 1.54) is 0 Å². The topological polar surface area (TPSA) is 107 Å². The molecule has 7 heteroatoms. The largest absolute Gasteiger partial charge is 0.502 e. The summed E-state index contributed by atoms with van der Waals surface area (Å²) in [5, 5.41) is 31.4. The number of aromatic hydroxyl groups is 1. The smallest absolute Gasteiger partial charge is 0.318 e. The van der Waals surface area contributed by atoms with Crippen LogP contribution in [0, 0.1) is 20.2 Å². The van der Waals surface area contributed by atoms with Crippen molar-refractivity contribution in [3.05, 3.63) is 62.7 Å². The Kier molecular flexibility index (Phi) is 3.11. The molecular weight excluding hydrogens is 252 g/mol. The van der Waals surface area contributed by atoms with Gasteiger partial charge in [-0.3, -0.25) is 20.2 Å². The monoisotopic (exact) mass is 260 g/mol. The van der Waals surface area contributed by atoms with Crippen molar-refractivity contribution in [1.29, 1.82) is 0 Å². The zero-order chi connectivity index (χ0) is 14.0. The summed E-state index contributed by atoms with van der Waals surface area (Å²) in [4.78, 5) is 20.0. The quantitative estimate of drug-likeness (QED) is 0.674. The van der Waals surface area contributed by atoms with E-state index in [1.54, 1.807) is 30.3 Å². The minimum atomic E-state index is -0.852. The van der Waals surface area contributed by atoms with Gasteiger partial charge in [0.1, 0.15) is 0 Å². The molecule has 0 unspecified atom stereocenters. The highest BCUT2D eigenvalue weighted by Gasteiger charge is 2.24. The molecule has 0 fully saturated rings. The molecule has 0 amide bonds. The van der Waals surface area contributed by atoms with Gasteiger partial charge in [0, 0.05) is 11.6 Å². The summed E-state index contributed by atoms with van der Waals surface area (Å²) in [7, 11) is 0. The maximum Gasteiger partial charge on any atom is 0.318 e. The minimum absolute atomic E-state index is 0.0569. The van der Waals surface area contributed by atoms with Crippen LogP contribution in [0.25, 0.3) is 11.1 Å².